The topological polar surface area (TPSA) is 63.3 Å². The van der Waals surface area contributed by atoms with E-state index in [0.29, 0.717) is 6.42 Å². The molecular weight excluding hydrogens is 221 g/mol. The lowest BCUT2D eigenvalue weighted by Crippen LogP contribution is -2.40. The maximum absolute atomic E-state index is 10.1. The summed E-state index contributed by atoms with van der Waals surface area (Å²) in [5, 5.41) is 8.31. The molecule has 0 saturated carbocycles. The Hall–Kier alpha value is 0.160. The van der Waals surface area contributed by atoms with Gasteiger partial charge in [-0.05, 0) is 29.0 Å². The summed E-state index contributed by atoms with van der Waals surface area (Å²) in [6.45, 7) is 1.74. The predicted molar refractivity (Wildman–Crippen MR) is 38.9 cm³/mol. The zero-order valence-corrected chi connectivity index (χ0v) is 6.68. The number of aliphatic carboxylic acids is 1. The van der Waals surface area contributed by atoms with E-state index < -0.39 is 9.51 Å². The van der Waals surface area contributed by atoms with Gasteiger partial charge in [-0.25, -0.2) is 4.79 Å². The van der Waals surface area contributed by atoms with Gasteiger partial charge in [0.1, 0.15) is 0 Å². The highest BCUT2D eigenvalue weighted by Crippen LogP contribution is 2.14. The van der Waals surface area contributed by atoms with Gasteiger partial charge < -0.3 is 10.8 Å². The van der Waals surface area contributed by atoms with Crippen molar-refractivity contribution in [3.8, 4) is 0 Å². The number of halogens is 1. The second-order valence-electron chi connectivity index (χ2n) is 1.52. The lowest BCUT2D eigenvalue weighted by Gasteiger charge is -2.12. The molecule has 0 fully saturated rings. The summed E-state index contributed by atoms with van der Waals surface area (Å²) >= 11 is 1.71. The number of carboxylic acid groups (broad SMARTS) is 1. The summed E-state index contributed by atoms with van der Waals surface area (Å²) in [6, 6.07) is 0. The van der Waals surface area contributed by atoms with Crippen LogP contribution >= 0.6 is 22.6 Å². The highest BCUT2D eigenvalue weighted by Gasteiger charge is 2.26. The maximum atomic E-state index is 10.1. The first-order chi connectivity index (χ1) is 3.50. The molecule has 8 heavy (non-hydrogen) atoms. The van der Waals surface area contributed by atoms with E-state index in [1.54, 1.807) is 29.5 Å². The second-order valence-corrected chi connectivity index (χ2v) is 3.45. The molecule has 0 aromatic heterocycles. The lowest BCUT2D eigenvalue weighted by atomic mass is 10.2. The molecule has 0 heterocycles. The smallest absolute Gasteiger partial charge is 0.333 e. The zero-order chi connectivity index (χ0) is 6.78. The van der Waals surface area contributed by atoms with Gasteiger partial charge in [0.2, 0.25) is 0 Å². The molecule has 0 amide bonds. The van der Waals surface area contributed by atoms with Crippen LogP contribution in [0.2, 0.25) is 0 Å². The summed E-state index contributed by atoms with van der Waals surface area (Å²) in [7, 11) is 0. The third-order valence-electron chi connectivity index (χ3n) is 0.870. The van der Waals surface area contributed by atoms with Crippen molar-refractivity contribution in [1.29, 1.82) is 0 Å². The van der Waals surface area contributed by atoms with E-state index in [1.807, 2.05) is 0 Å². The van der Waals surface area contributed by atoms with Gasteiger partial charge in [-0.1, -0.05) is 6.92 Å². The van der Waals surface area contributed by atoms with Crippen LogP contribution < -0.4 is 5.73 Å². The number of carbonyl (C=O) groups is 1. The largest absolute Gasteiger partial charge is 0.479 e. The van der Waals surface area contributed by atoms with Gasteiger partial charge in [0.15, 0.2) is 3.55 Å². The average molecular weight is 229 g/mol. The maximum Gasteiger partial charge on any atom is 0.333 e. The van der Waals surface area contributed by atoms with Gasteiger partial charge in [-0.3, -0.25) is 0 Å². The normalized spacial score (nSPS) is 17.4. The van der Waals surface area contributed by atoms with Crippen LogP contribution in [0.15, 0.2) is 0 Å². The van der Waals surface area contributed by atoms with Crippen molar-refractivity contribution in [3.05, 3.63) is 0 Å². The average Bonchev–Trinajstić information content (AvgIpc) is 1.67. The first-order valence-electron chi connectivity index (χ1n) is 2.22. The van der Waals surface area contributed by atoms with Crippen LogP contribution in [-0.4, -0.2) is 14.6 Å². The number of nitrogens with two attached hydrogens (primary N) is 1. The van der Waals surface area contributed by atoms with Gasteiger partial charge in [-0.2, -0.15) is 0 Å². The van der Waals surface area contributed by atoms with Crippen LogP contribution in [-0.2, 0) is 4.79 Å². The quantitative estimate of drug-likeness (QED) is 0.413. The lowest BCUT2D eigenvalue weighted by molar-refractivity contribution is -0.139. The van der Waals surface area contributed by atoms with E-state index in [1.165, 1.54) is 0 Å². The molecule has 0 aliphatic carbocycles. The Kier molecular flexibility index (Phi) is 2.68. The minimum absolute atomic E-state index is 0.447. The fourth-order valence-electron chi connectivity index (χ4n) is 0.151. The molecule has 1 unspecified atom stereocenters. The Morgan fingerprint density at radius 3 is 2.38 bits per heavy atom. The van der Waals surface area contributed by atoms with Crippen molar-refractivity contribution in [3.63, 3.8) is 0 Å². The minimum Gasteiger partial charge on any atom is -0.479 e. The first kappa shape index (κ1) is 8.16. The van der Waals surface area contributed by atoms with Crippen molar-refractivity contribution in [2.45, 2.75) is 16.9 Å². The second kappa shape index (κ2) is 2.63. The Bertz CT molecular complexity index is 102. The Morgan fingerprint density at radius 2 is 2.38 bits per heavy atom. The fourth-order valence-corrected chi connectivity index (χ4v) is 0.151. The molecule has 0 aromatic carbocycles. The van der Waals surface area contributed by atoms with Gasteiger partial charge in [0, 0.05) is 0 Å². The van der Waals surface area contributed by atoms with E-state index in [4.69, 9.17) is 10.8 Å². The van der Waals surface area contributed by atoms with Crippen LogP contribution in [0.25, 0.3) is 0 Å². The third-order valence-corrected chi connectivity index (χ3v) is 2.09. The zero-order valence-electron chi connectivity index (χ0n) is 4.52. The number of alkyl halides is 1. The van der Waals surface area contributed by atoms with E-state index in [-0.39, 0.29) is 0 Å². The molecule has 0 aromatic rings. The van der Waals surface area contributed by atoms with Crippen LogP contribution in [0, 0.1) is 0 Å². The highest BCUT2D eigenvalue weighted by molar-refractivity contribution is 14.1. The number of hydrogen-bond donors (Lipinski definition) is 2. The molecular formula is C4H8INO2. The first-order valence-corrected chi connectivity index (χ1v) is 3.29. The monoisotopic (exact) mass is 229 g/mol. The Morgan fingerprint density at radius 1 is 2.00 bits per heavy atom. The fraction of sp³-hybridized carbons (Fsp3) is 0.750. The van der Waals surface area contributed by atoms with E-state index >= 15 is 0 Å². The number of carboxylic acids is 1. The van der Waals surface area contributed by atoms with Crippen molar-refractivity contribution in [2.24, 2.45) is 5.73 Å². The van der Waals surface area contributed by atoms with Crippen LogP contribution in [0.5, 0.6) is 0 Å². The van der Waals surface area contributed by atoms with Gasteiger partial charge in [0.05, 0.1) is 0 Å². The van der Waals surface area contributed by atoms with Crippen LogP contribution in [0.3, 0.4) is 0 Å². The van der Waals surface area contributed by atoms with E-state index in [2.05, 4.69) is 0 Å². The van der Waals surface area contributed by atoms with Gasteiger partial charge >= 0.3 is 5.97 Å². The molecule has 1 atom stereocenters. The van der Waals surface area contributed by atoms with Crippen LogP contribution in [0.4, 0.5) is 0 Å². The number of rotatable bonds is 2. The van der Waals surface area contributed by atoms with Crippen molar-refractivity contribution < 1.29 is 9.90 Å². The van der Waals surface area contributed by atoms with Crippen LogP contribution in [0.1, 0.15) is 13.3 Å². The highest BCUT2D eigenvalue weighted by atomic mass is 127. The van der Waals surface area contributed by atoms with E-state index in [0.717, 1.165) is 0 Å². The SMILES string of the molecule is CCC(N)(I)C(=O)O. The summed E-state index contributed by atoms with van der Waals surface area (Å²) in [5.74, 6) is -0.958. The van der Waals surface area contributed by atoms with Gasteiger partial charge in [0.25, 0.3) is 0 Å². The molecule has 0 bridgehead atoms. The van der Waals surface area contributed by atoms with Crippen molar-refractivity contribution >= 4 is 28.6 Å². The molecule has 0 aliphatic heterocycles. The molecule has 0 radical (unpaired) electrons. The molecule has 0 spiro atoms. The Labute approximate surface area is 61.4 Å². The van der Waals surface area contributed by atoms with Crippen molar-refractivity contribution in [1.82, 2.24) is 0 Å². The minimum atomic E-state index is -1.07. The standard InChI is InChI=1S/C4H8INO2/c1-2-4(5,6)3(7)8/h2,6H2,1H3,(H,7,8). The molecule has 3 nitrogen and oxygen atoms in total. The Balaban J connectivity index is 3.91. The predicted octanol–water partition coefficient (Wildman–Crippen LogP) is 0.571. The summed E-state index contributed by atoms with van der Waals surface area (Å²) in [6.07, 6.45) is 0.447. The molecule has 0 rings (SSSR count). The van der Waals surface area contributed by atoms with Crippen molar-refractivity contribution in [2.75, 3.05) is 0 Å². The summed E-state index contributed by atoms with van der Waals surface area (Å²) < 4.78 is -1.07. The molecule has 48 valence electrons. The molecule has 4 heteroatoms. The summed E-state index contributed by atoms with van der Waals surface area (Å²) in [4.78, 5) is 10.1. The molecule has 0 aliphatic rings. The van der Waals surface area contributed by atoms with Gasteiger partial charge in [-0.15, -0.1) is 0 Å². The van der Waals surface area contributed by atoms with E-state index in [9.17, 15) is 4.79 Å². The molecule has 3 N–H and O–H groups in total. The summed E-state index contributed by atoms with van der Waals surface area (Å²) in [5.41, 5.74) is 5.25. The third kappa shape index (κ3) is 1.95. The molecule has 0 saturated heterocycles. The number of hydrogen-bond acceptors (Lipinski definition) is 2.